The molecule has 0 bridgehead atoms. The molecule has 296 valence electrons. The summed E-state index contributed by atoms with van der Waals surface area (Å²) in [5.74, 6) is -2.50. The first-order valence-electron chi connectivity index (χ1n) is 20.1. The lowest BCUT2D eigenvalue weighted by atomic mass is 10.0. The Labute approximate surface area is 303 Å². The quantitative estimate of drug-likeness (QED) is 0.0324. The average molecular weight is 718 g/mol. The first-order valence-corrected chi connectivity index (χ1v) is 20.1. The molecule has 0 rings (SSSR count). The largest absolute Gasteiger partial charge is 0.466 e. The van der Waals surface area contributed by atoms with Crippen molar-refractivity contribution in [1.82, 2.24) is 5.32 Å². The van der Waals surface area contributed by atoms with Crippen LogP contribution in [-0.4, -0.2) is 93.7 Å². The maximum absolute atomic E-state index is 12.9. The van der Waals surface area contributed by atoms with Crippen molar-refractivity contribution in [3.8, 4) is 0 Å². The number of aliphatic hydroxyl groups is 5. The van der Waals surface area contributed by atoms with Gasteiger partial charge in [0.1, 0.15) is 24.4 Å². The minimum atomic E-state index is -2.21. The van der Waals surface area contributed by atoms with Gasteiger partial charge in [-0.2, -0.15) is 0 Å². The molecule has 11 heteroatoms. The van der Waals surface area contributed by atoms with Crippen LogP contribution in [0.25, 0.3) is 0 Å². The highest BCUT2D eigenvalue weighted by Crippen LogP contribution is 2.14. The average Bonchev–Trinajstić information content (AvgIpc) is 3.12. The summed E-state index contributed by atoms with van der Waals surface area (Å²) < 4.78 is 10.7. The maximum atomic E-state index is 12.9. The molecule has 0 radical (unpaired) electrons. The van der Waals surface area contributed by atoms with Gasteiger partial charge in [0.2, 0.25) is 0 Å². The number of esters is 2. The number of aliphatic hydroxyl groups excluding tert-OH is 5. The van der Waals surface area contributed by atoms with Gasteiger partial charge in [0, 0.05) is 6.42 Å². The summed E-state index contributed by atoms with van der Waals surface area (Å²) in [6, 6.07) is -1.30. The Morgan fingerprint density at radius 1 is 0.540 bits per heavy atom. The van der Waals surface area contributed by atoms with E-state index in [1.807, 2.05) is 0 Å². The molecular weight excluding hydrogens is 642 g/mol. The number of ether oxygens (including phenoxy) is 2. The summed E-state index contributed by atoms with van der Waals surface area (Å²) in [6.45, 7) is 3.96. The predicted molar refractivity (Wildman–Crippen MR) is 196 cm³/mol. The zero-order valence-corrected chi connectivity index (χ0v) is 31.7. The molecule has 0 aromatic heterocycles. The summed E-state index contributed by atoms with van der Waals surface area (Å²) in [5.41, 5.74) is 0. The summed E-state index contributed by atoms with van der Waals surface area (Å²) in [4.78, 5) is 38.0. The monoisotopic (exact) mass is 718 g/mol. The number of amides is 1. The summed E-state index contributed by atoms with van der Waals surface area (Å²) in [7, 11) is 0. The van der Waals surface area contributed by atoms with E-state index in [1.54, 1.807) is 0 Å². The van der Waals surface area contributed by atoms with Crippen molar-refractivity contribution in [2.24, 2.45) is 0 Å². The molecule has 5 atom stereocenters. The highest BCUT2D eigenvalue weighted by molar-refractivity contribution is 5.87. The molecule has 0 aliphatic carbocycles. The molecule has 0 fully saturated rings. The van der Waals surface area contributed by atoms with Gasteiger partial charge < -0.3 is 40.3 Å². The molecular formula is C39H75NO10. The fourth-order valence-electron chi connectivity index (χ4n) is 5.86. The third-order valence-electron chi connectivity index (χ3n) is 9.26. The van der Waals surface area contributed by atoms with Gasteiger partial charge in [-0.15, -0.1) is 0 Å². The number of hydrogen-bond acceptors (Lipinski definition) is 10. The number of nitrogens with one attached hydrogen (secondary N) is 1. The summed E-state index contributed by atoms with van der Waals surface area (Å²) in [6.07, 6.45) is 19.8. The molecule has 0 aliphatic heterocycles. The van der Waals surface area contributed by atoms with Crippen LogP contribution in [0.5, 0.6) is 0 Å². The molecule has 0 heterocycles. The van der Waals surface area contributed by atoms with Crippen LogP contribution in [0.4, 0.5) is 0 Å². The van der Waals surface area contributed by atoms with Crippen LogP contribution in [0, 0.1) is 0 Å². The second-order valence-corrected chi connectivity index (χ2v) is 13.9. The number of carbonyl (C=O) groups is 3. The fourth-order valence-corrected chi connectivity index (χ4v) is 5.86. The van der Waals surface area contributed by atoms with E-state index in [2.05, 4.69) is 19.2 Å². The Morgan fingerprint density at radius 3 is 1.32 bits per heavy atom. The van der Waals surface area contributed by atoms with E-state index in [-0.39, 0.29) is 26.1 Å². The number of carbonyl (C=O) groups excluding carboxylic acids is 3. The fraction of sp³-hybridized carbons (Fsp3) is 0.923. The number of hydrogen-bond donors (Lipinski definition) is 6. The molecule has 0 unspecified atom stereocenters. The molecule has 0 spiro atoms. The molecule has 11 nitrogen and oxygen atoms in total. The normalized spacial score (nSPS) is 14.5. The van der Waals surface area contributed by atoms with Gasteiger partial charge in [0.25, 0.3) is 5.91 Å². The van der Waals surface area contributed by atoms with Crippen molar-refractivity contribution < 1.29 is 49.4 Å². The van der Waals surface area contributed by atoms with E-state index in [0.29, 0.717) is 6.42 Å². The summed E-state index contributed by atoms with van der Waals surface area (Å²) >= 11 is 0. The maximum Gasteiger partial charge on any atom is 0.328 e. The molecule has 0 saturated heterocycles. The highest BCUT2D eigenvalue weighted by atomic mass is 16.5. The second kappa shape index (κ2) is 34.3. The Kier molecular flexibility index (Phi) is 33.1. The molecule has 0 saturated carbocycles. The lowest BCUT2D eigenvalue weighted by molar-refractivity contribution is -0.155. The van der Waals surface area contributed by atoms with Crippen LogP contribution in [0.1, 0.15) is 181 Å². The first-order chi connectivity index (χ1) is 24.2. The van der Waals surface area contributed by atoms with E-state index in [4.69, 9.17) is 14.6 Å². The van der Waals surface area contributed by atoms with Gasteiger partial charge in [0.05, 0.1) is 19.8 Å². The minimum Gasteiger partial charge on any atom is -0.466 e. The van der Waals surface area contributed by atoms with Gasteiger partial charge in [-0.05, 0) is 19.3 Å². The third kappa shape index (κ3) is 26.9. The molecule has 0 aromatic carbocycles. The standard InChI is InChI=1S/C39H75NO10/c1-3-5-7-9-11-13-15-17-19-21-23-25-29-49-34(43)28-27-32(40-38(47)37(46)36(45)35(44)33(42)31-41)39(48)50-30-26-24-22-20-18-16-14-12-10-8-6-4-2/h32-33,35-37,41-42,44-46H,3-31H2,1-2H3,(H,40,47)/t32-,33-,35+,36-,37+/m0/s1. The minimum absolute atomic E-state index is 0.138. The van der Waals surface area contributed by atoms with Crippen molar-refractivity contribution in [1.29, 1.82) is 0 Å². The molecule has 1 amide bonds. The Bertz CT molecular complexity index is 814. The Morgan fingerprint density at radius 2 is 0.920 bits per heavy atom. The third-order valence-corrected chi connectivity index (χ3v) is 9.26. The Balaban J connectivity index is 4.55. The lowest BCUT2D eigenvalue weighted by Crippen LogP contribution is -2.54. The molecule has 0 aliphatic rings. The zero-order valence-electron chi connectivity index (χ0n) is 31.7. The van der Waals surface area contributed by atoms with Crippen LogP contribution in [0.15, 0.2) is 0 Å². The highest BCUT2D eigenvalue weighted by Gasteiger charge is 2.36. The van der Waals surface area contributed by atoms with Gasteiger partial charge in [-0.3, -0.25) is 9.59 Å². The van der Waals surface area contributed by atoms with Crippen LogP contribution in [-0.2, 0) is 23.9 Å². The van der Waals surface area contributed by atoms with Crippen molar-refractivity contribution in [3.63, 3.8) is 0 Å². The number of unbranched alkanes of at least 4 members (excludes halogenated alkanes) is 22. The SMILES string of the molecule is CCCCCCCCCCCCCCOC(=O)CC[C@H](NC(=O)[C@H](O)[C@@H](O)[C@H](O)[C@@H](O)CO)C(=O)OCCCCCCCCCCCCCC. The van der Waals surface area contributed by atoms with Crippen LogP contribution >= 0.6 is 0 Å². The topological polar surface area (TPSA) is 183 Å². The van der Waals surface area contributed by atoms with E-state index >= 15 is 0 Å². The van der Waals surface area contributed by atoms with Crippen molar-refractivity contribution in [2.45, 2.75) is 211 Å². The van der Waals surface area contributed by atoms with Crippen LogP contribution in [0.2, 0.25) is 0 Å². The number of rotatable bonds is 36. The van der Waals surface area contributed by atoms with E-state index in [1.165, 1.54) is 109 Å². The summed E-state index contributed by atoms with van der Waals surface area (Å²) in [5, 5.41) is 51.0. The van der Waals surface area contributed by atoms with E-state index in [9.17, 15) is 34.8 Å². The predicted octanol–water partition coefficient (Wildman–Crippen LogP) is 6.18. The smallest absolute Gasteiger partial charge is 0.328 e. The molecule has 0 aromatic rings. The van der Waals surface area contributed by atoms with Gasteiger partial charge in [-0.1, -0.05) is 155 Å². The zero-order chi connectivity index (χ0) is 37.2. The second-order valence-electron chi connectivity index (χ2n) is 13.9. The van der Waals surface area contributed by atoms with Crippen LogP contribution in [0.3, 0.4) is 0 Å². The van der Waals surface area contributed by atoms with E-state index in [0.717, 1.165) is 38.5 Å². The van der Waals surface area contributed by atoms with Crippen molar-refractivity contribution >= 4 is 17.8 Å². The molecule has 50 heavy (non-hydrogen) atoms. The lowest BCUT2D eigenvalue weighted by Gasteiger charge is -2.26. The van der Waals surface area contributed by atoms with Crippen LogP contribution < -0.4 is 5.32 Å². The van der Waals surface area contributed by atoms with Gasteiger partial charge in [0.15, 0.2) is 6.10 Å². The Hall–Kier alpha value is -1.79. The van der Waals surface area contributed by atoms with Gasteiger partial charge >= 0.3 is 11.9 Å². The molecule has 6 N–H and O–H groups in total. The van der Waals surface area contributed by atoms with Crippen molar-refractivity contribution in [2.75, 3.05) is 19.8 Å². The van der Waals surface area contributed by atoms with E-state index < -0.39 is 54.9 Å². The van der Waals surface area contributed by atoms with Gasteiger partial charge in [-0.25, -0.2) is 4.79 Å². The first kappa shape index (κ1) is 48.2. The van der Waals surface area contributed by atoms with Crippen molar-refractivity contribution in [3.05, 3.63) is 0 Å².